The van der Waals surface area contributed by atoms with E-state index in [1.165, 1.54) is 142 Å². The lowest BCUT2D eigenvalue weighted by atomic mass is 9.33. The van der Waals surface area contributed by atoms with Crippen molar-refractivity contribution in [2.24, 2.45) is 0 Å². The molecule has 2 nitrogen and oxygen atoms in total. The van der Waals surface area contributed by atoms with E-state index in [-0.39, 0.29) is 6.71 Å². The third kappa shape index (κ3) is 5.36. The van der Waals surface area contributed by atoms with Crippen LogP contribution in [0, 0.1) is 0 Å². The maximum Gasteiger partial charge on any atom is 0.252 e. The lowest BCUT2D eigenvalue weighted by molar-refractivity contribution is 0.687. The average molecular weight is 781 g/mol. The zero-order chi connectivity index (χ0) is 40.0. The van der Waals surface area contributed by atoms with E-state index in [1.807, 2.05) is 0 Å². The van der Waals surface area contributed by atoms with Crippen LogP contribution in [0.2, 0.25) is 0 Å². The summed E-state index contributed by atoms with van der Waals surface area (Å²) in [5, 5.41) is 5.09. The molecule has 4 aliphatic rings. The van der Waals surface area contributed by atoms with Crippen molar-refractivity contribution in [2.75, 3.05) is 9.80 Å². The molecule has 0 unspecified atom stereocenters. The van der Waals surface area contributed by atoms with Crippen molar-refractivity contribution >= 4 is 78.8 Å². The van der Waals surface area contributed by atoms with Gasteiger partial charge in [0, 0.05) is 33.9 Å². The highest BCUT2D eigenvalue weighted by atomic mass is 15.2. The molecule has 0 spiro atoms. The Hall–Kier alpha value is -6.84. The molecule has 13 rings (SSSR count). The summed E-state index contributed by atoms with van der Waals surface area (Å²) >= 11 is 0. The number of anilines is 6. The summed E-state index contributed by atoms with van der Waals surface area (Å²) in [6, 6.07) is 67.3. The Bertz CT molecular complexity index is 3010. The Morgan fingerprint density at radius 1 is 0.328 bits per heavy atom. The molecule has 2 aliphatic heterocycles. The van der Waals surface area contributed by atoms with Crippen molar-refractivity contribution < 1.29 is 0 Å². The molecule has 0 aromatic heterocycles. The number of rotatable bonds is 4. The fourth-order valence-corrected chi connectivity index (χ4v) is 11.7. The van der Waals surface area contributed by atoms with Gasteiger partial charge >= 0.3 is 0 Å². The molecule has 9 aromatic rings. The van der Waals surface area contributed by atoms with Crippen LogP contribution in [0.5, 0.6) is 0 Å². The molecule has 0 radical (unpaired) electrons. The van der Waals surface area contributed by atoms with E-state index >= 15 is 0 Å². The maximum absolute atomic E-state index is 2.66. The standard InChI is InChI=1S/C58H45BN2/c1-3-18-40(19-4-1)56-46-26-13-11-16-38(46)30-32-50(56)60-52-28-15-29-53-58(52)59(48-34-42-22-7-9-24-44(42)36-54(48)60)49-35-43-23-8-10-25-45(43)37-55(49)61(53)51-33-31-39-17-12-14-27-47(39)57(51)41-20-5-2-6-21-41/h1-10,15,18-25,28-37H,11-14,16-17,26-27H2. The van der Waals surface area contributed by atoms with Crippen LogP contribution >= 0.6 is 0 Å². The third-order valence-corrected chi connectivity index (χ3v) is 14.4. The fourth-order valence-electron chi connectivity index (χ4n) is 11.7. The van der Waals surface area contributed by atoms with Crippen molar-refractivity contribution in [1.29, 1.82) is 0 Å². The van der Waals surface area contributed by atoms with Gasteiger partial charge in [-0.3, -0.25) is 0 Å². The summed E-state index contributed by atoms with van der Waals surface area (Å²) in [6.07, 6.45) is 9.46. The van der Waals surface area contributed by atoms with Crippen molar-refractivity contribution in [1.82, 2.24) is 0 Å². The van der Waals surface area contributed by atoms with E-state index in [2.05, 4.69) is 186 Å². The monoisotopic (exact) mass is 780 g/mol. The van der Waals surface area contributed by atoms with Gasteiger partial charge in [0.25, 0.3) is 6.71 Å². The Morgan fingerprint density at radius 3 is 1.20 bits per heavy atom. The maximum atomic E-state index is 2.66. The zero-order valence-corrected chi connectivity index (χ0v) is 34.4. The highest BCUT2D eigenvalue weighted by Gasteiger charge is 2.44. The third-order valence-electron chi connectivity index (χ3n) is 14.4. The number of aryl methyl sites for hydroxylation is 2. The average Bonchev–Trinajstić information content (AvgIpc) is 3.32. The molecule has 9 aromatic carbocycles. The van der Waals surface area contributed by atoms with Crippen molar-refractivity contribution in [3.05, 3.63) is 198 Å². The molecule has 61 heavy (non-hydrogen) atoms. The van der Waals surface area contributed by atoms with E-state index < -0.39 is 0 Å². The molecule has 3 heteroatoms. The number of fused-ring (bicyclic) bond motifs is 8. The highest BCUT2D eigenvalue weighted by Crippen LogP contribution is 2.51. The van der Waals surface area contributed by atoms with Crippen LogP contribution in [0.1, 0.15) is 47.9 Å². The van der Waals surface area contributed by atoms with Crippen LogP contribution in [-0.2, 0) is 25.7 Å². The lowest BCUT2D eigenvalue weighted by Gasteiger charge is -2.45. The van der Waals surface area contributed by atoms with E-state index in [0.29, 0.717) is 0 Å². The van der Waals surface area contributed by atoms with E-state index in [1.54, 1.807) is 0 Å². The lowest BCUT2D eigenvalue weighted by Crippen LogP contribution is -2.61. The minimum Gasteiger partial charge on any atom is -0.311 e. The zero-order valence-electron chi connectivity index (χ0n) is 34.4. The molecule has 0 bridgehead atoms. The Labute approximate surface area is 358 Å². The first-order valence-electron chi connectivity index (χ1n) is 22.5. The summed E-state index contributed by atoms with van der Waals surface area (Å²) in [7, 11) is 0. The Kier molecular flexibility index (Phi) is 7.95. The van der Waals surface area contributed by atoms with Crippen molar-refractivity contribution in [3.8, 4) is 22.3 Å². The first-order valence-corrected chi connectivity index (χ1v) is 22.5. The predicted octanol–water partition coefficient (Wildman–Crippen LogP) is 13.2. The van der Waals surface area contributed by atoms with Gasteiger partial charge in [-0.05, 0) is 159 Å². The summed E-state index contributed by atoms with van der Waals surface area (Å²) in [4.78, 5) is 5.31. The molecule has 2 aliphatic carbocycles. The Balaban J connectivity index is 1.16. The van der Waals surface area contributed by atoms with Crippen molar-refractivity contribution in [2.45, 2.75) is 51.4 Å². The van der Waals surface area contributed by atoms with Gasteiger partial charge in [0.05, 0.1) is 11.4 Å². The van der Waals surface area contributed by atoms with Gasteiger partial charge in [-0.1, -0.05) is 140 Å². The molecule has 0 N–H and O–H groups in total. The topological polar surface area (TPSA) is 6.48 Å². The van der Waals surface area contributed by atoms with E-state index in [9.17, 15) is 0 Å². The largest absolute Gasteiger partial charge is 0.311 e. The molecular formula is C58H45BN2. The van der Waals surface area contributed by atoms with Gasteiger partial charge in [-0.15, -0.1) is 0 Å². The second kappa shape index (κ2) is 13.9. The van der Waals surface area contributed by atoms with Crippen LogP contribution in [-0.4, -0.2) is 6.71 Å². The van der Waals surface area contributed by atoms with E-state index in [0.717, 1.165) is 25.7 Å². The quantitative estimate of drug-likeness (QED) is 0.164. The molecule has 290 valence electrons. The SMILES string of the molecule is c1ccc(-c2c(N3c4cc5ccccc5cc4B4c5cc6ccccc6cc5N(c5ccc6c(c5-c5ccccc5)CCCC6)c5cccc3c54)ccc3c2CCCC3)cc1. The first-order chi connectivity index (χ1) is 30.3. The summed E-state index contributed by atoms with van der Waals surface area (Å²) in [5.41, 5.74) is 23.1. The van der Waals surface area contributed by atoms with Crippen LogP contribution in [0.25, 0.3) is 43.8 Å². The minimum absolute atomic E-state index is 0.0357. The number of hydrogen-bond acceptors (Lipinski definition) is 2. The molecule has 0 atom stereocenters. The van der Waals surface area contributed by atoms with Gasteiger partial charge in [0.15, 0.2) is 0 Å². The van der Waals surface area contributed by atoms with E-state index in [4.69, 9.17) is 0 Å². The highest BCUT2D eigenvalue weighted by molar-refractivity contribution is 7.00. The molecule has 0 amide bonds. The van der Waals surface area contributed by atoms with Crippen molar-refractivity contribution in [3.63, 3.8) is 0 Å². The van der Waals surface area contributed by atoms with Gasteiger partial charge in [-0.2, -0.15) is 0 Å². The predicted molar refractivity (Wildman–Crippen MR) is 260 cm³/mol. The second-order valence-corrected chi connectivity index (χ2v) is 17.7. The molecule has 0 saturated heterocycles. The normalized spacial score (nSPS) is 14.9. The fraction of sp³-hybridized carbons (Fsp3) is 0.138. The van der Waals surface area contributed by atoms with Gasteiger partial charge in [0.2, 0.25) is 0 Å². The van der Waals surface area contributed by atoms with Gasteiger partial charge in [0.1, 0.15) is 0 Å². The summed E-state index contributed by atoms with van der Waals surface area (Å²) in [5.74, 6) is 0. The van der Waals surface area contributed by atoms with Gasteiger partial charge < -0.3 is 9.80 Å². The minimum atomic E-state index is 0.0357. The molecule has 0 fully saturated rings. The summed E-state index contributed by atoms with van der Waals surface area (Å²) < 4.78 is 0. The van der Waals surface area contributed by atoms with Crippen LogP contribution in [0.15, 0.2) is 176 Å². The molecule has 2 heterocycles. The Morgan fingerprint density at radius 2 is 0.738 bits per heavy atom. The molecular weight excluding hydrogens is 735 g/mol. The number of hydrogen-bond donors (Lipinski definition) is 0. The van der Waals surface area contributed by atoms with Gasteiger partial charge in [-0.25, -0.2) is 0 Å². The first kappa shape index (κ1) is 35.0. The summed E-state index contributed by atoms with van der Waals surface area (Å²) in [6.45, 7) is 0.0357. The smallest absolute Gasteiger partial charge is 0.252 e. The second-order valence-electron chi connectivity index (χ2n) is 17.7. The number of benzene rings is 9. The molecule has 0 saturated carbocycles. The number of nitrogens with zero attached hydrogens (tertiary/aromatic N) is 2. The van der Waals surface area contributed by atoms with Crippen LogP contribution in [0.4, 0.5) is 34.1 Å². The van der Waals surface area contributed by atoms with Crippen LogP contribution < -0.4 is 26.2 Å². The van der Waals surface area contributed by atoms with Crippen LogP contribution in [0.3, 0.4) is 0 Å².